The lowest BCUT2D eigenvalue weighted by Crippen LogP contribution is -2.19. The van der Waals surface area contributed by atoms with E-state index < -0.39 is 11.7 Å². The van der Waals surface area contributed by atoms with Crippen LogP contribution in [0, 0.1) is 17.1 Å². The summed E-state index contributed by atoms with van der Waals surface area (Å²) in [6, 6.07) is 12.5. The first-order valence-electron chi connectivity index (χ1n) is 7.75. The minimum atomic E-state index is -0.797. The Morgan fingerprint density at radius 2 is 2.11 bits per heavy atom. The monoisotopic (exact) mass is 382 g/mol. The van der Waals surface area contributed by atoms with Crippen LogP contribution in [0.1, 0.15) is 5.56 Å². The number of nitrogens with zero attached hydrogens (tertiary/aromatic N) is 3. The fraction of sp³-hybridized carbons (Fsp3) is 0.0526. The van der Waals surface area contributed by atoms with E-state index in [1.165, 1.54) is 13.1 Å². The zero-order valence-electron chi connectivity index (χ0n) is 14.0. The summed E-state index contributed by atoms with van der Waals surface area (Å²) in [4.78, 5) is 19.2. The summed E-state index contributed by atoms with van der Waals surface area (Å²) >= 11 is 5.71. The average Bonchev–Trinajstić information content (AvgIpc) is 2.69. The highest BCUT2D eigenvalue weighted by Gasteiger charge is 2.15. The molecule has 0 fully saturated rings. The molecule has 0 bridgehead atoms. The van der Waals surface area contributed by atoms with Gasteiger partial charge in [-0.1, -0.05) is 30.3 Å². The number of likely N-dealkylation sites (N-methyl/N-ethyl adjacent to an activating group) is 1. The Hall–Kier alpha value is -3.50. The van der Waals surface area contributed by atoms with Gasteiger partial charge in [0.25, 0.3) is 11.8 Å². The summed E-state index contributed by atoms with van der Waals surface area (Å²) in [5.74, 6) is -1.50. The van der Waals surface area contributed by atoms with Crippen LogP contribution in [0.5, 0.6) is 11.6 Å². The van der Waals surface area contributed by atoms with E-state index in [4.69, 9.17) is 16.3 Å². The van der Waals surface area contributed by atoms with Crippen molar-refractivity contribution in [3.05, 3.63) is 64.8 Å². The molecule has 0 unspecified atom stereocenters. The molecule has 0 atom stereocenters. The Labute approximate surface area is 158 Å². The molecule has 0 spiro atoms. The Morgan fingerprint density at radius 3 is 2.85 bits per heavy atom. The smallest absolute Gasteiger partial charge is 0.261 e. The number of aromatic nitrogens is 2. The number of ether oxygens (including phenoxy) is 1. The van der Waals surface area contributed by atoms with E-state index in [0.717, 1.165) is 11.6 Å². The largest absolute Gasteiger partial charge is 0.436 e. The molecule has 0 saturated carbocycles. The Kier molecular flexibility index (Phi) is 5.29. The average molecular weight is 383 g/mol. The maximum absolute atomic E-state index is 14.0. The van der Waals surface area contributed by atoms with Crippen molar-refractivity contribution >= 4 is 34.4 Å². The van der Waals surface area contributed by atoms with Gasteiger partial charge in [0.1, 0.15) is 17.4 Å². The summed E-state index contributed by atoms with van der Waals surface area (Å²) < 4.78 is 19.6. The van der Waals surface area contributed by atoms with E-state index in [1.807, 2.05) is 18.2 Å². The van der Waals surface area contributed by atoms with Crippen LogP contribution in [0.15, 0.2) is 48.2 Å². The normalized spacial score (nSPS) is 11.1. The molecule has 134 valence electrons. The summed E-state index contributed by atoms with van der Waals surface area (Å²) in [6.07, 6.45) is 2.28. The number of nitrogens with one attached hydrogen (secondary N) is 1. The number of hydrogen-bond donors (Lipinski definition) is 1. The number of halogens is 2. The number of hydrogen-bond acceptors (Lipinski definition) is 5. The number of nitriles is 1. The van der Waals surface area contributed by atoms with Gasteiger partial charge in [-0.3, -0.25) is 4.79 Å². The van der Waals surface area contributed by atoms with Crippen LogP contribution >= 0.6 is 11.6 Å². The van der Waals surface area contributed by atoms with Crippen molar-refractivity contribution in [1.82, 2.24) is 15.3 Å². The fourth-order valence-corrected chi connectivity index (χ4v) is 2.57. The van der Waals surface area contributed by atoms with Gasteiger partial charge in [-0.2, -0.15) is 14.6 Å². The van der Waals surface area contributed by atoms with Gasteiger partial charge in [-0.15, -0.1) is 0 Å². The van der Waals surface area contributed by atoms with Gasteiger partial charge < -0.3 is 10.1 Å². The summed E-state index contributed by atoms with van der Waals surface area (Å²) in [5, 5.41) is 13.1. The van der Waals surface area contributed by atoms with Crippen molar-refractivity contribution in [2.75, 3.05) is 7.05 Å². The molecule has 27 heavy (non-hydrogen) atoms. The molecule has 0 saturated heterocycles. The van der Waals surface area contributed by atoms with Gasteiger partial charge in [0, 0.05) is 12.6 Å². The lowest BCUT2D eigenvalue weighted by molar-refractivity contribution is -0.116. The topological polar surface area (TPSA) is 87.9 Å². The first-order chi connectivity index (χ1) is 13.0. The zero-order valence-corrected chi connectivity index (χ0v) is 14.8. The highest BCUT2D eigenvalue weighted by molar-refractivity contribution is 6.28. The van der Waals surface area contributed by atoms with Gasteiger partial charge >= 0.3 is 0 Å². The number of fused-ring (bicyclic) bond motifs is 1. The summed E-state index contributed by atoms with van der Waals surface area (Å²) in [6.45, 7) is 0. The Morgan fingerprint density at radius 1 is 1.33 bits per heavy atom. The van der Waals surface area contributed by atoms with Crippen molar-refractivity contribution in [2.45, 2.75) is 0 Å². The number of benzene rings is 2. The maximum Gasteiger partial charge on any atom is 0.261 e. The molecule has 1 heterocycles. The second-order valence-corrected chi connectivity index (χ2v) is 5.68. The lowest BCUT2D eigenvalue weighted by Gasteiger charge is -2.12. The molecule has 6 nitrogen and oxygen atoms in total. The third-order valence-electron chi connectivity index (χ3n) is 3.70. The quantitative estimate of drug-likeness (QED) is 0.420. The molecule has 2 aromatic carbocycles. The molecule has 0 aliphatic carbocycles. The van der Waals surface area contributed by atoms with E-state index >= 15 is 0 Å². The van der Waals surface area contributed by atoms with Crippen LogP contribution in [0.2, 0.25) is 5.28 Å². The van der Waals surface area contributed by atoms with Gasteiger partial charge in [0.05, 0.1) is 6.20 Å². The van der Waals surface area contributed by atoms with Gasteiger partial charge in [-0.05, 0) is 34.5 Å². The van der Waals surface area contributed by atoms with E-state index in [-0.39, 0.29) is 22.5 Å². The second-order valence-electron chi connectivity index (χ2n) is 5.34. The first-order valence-corrected chi connectivity index (χ1v) is 8.12. The van der Waals surface area contributed by atoms with Crippen molar-refractivity contribution in [3.8, 4) is 17.7 Å². The molecule has 1 amide bonds. The van der Waals surface area contributed by atoms with Crippen LogP contribution in [-0.4, -0.2) is 22.9 Å². The van der Waals surface area contributed by atoms with Crippen LogP contribution in [0.25, 0.3) is 16.8 Å². The predicted octanol–water partition coefficient (Wildman–Crippen LogP) is 3.87. The predicted molar refractivity (Wildman–Crippen MR) is 98.7 cm³/mol. The number of rotatable bonds is 4. The lowest BCUT2D eigenvalue weighted by atomic mass is 10.0. The molecule has 3 rings (SSSR count). The van der Waals surface area contributed by atoms with E-state index in [1.54, 1.807) is 24.3 Å². The number of carbonyl (C=O) groups is 1. The third kappa shape index (κ3) is 3.86. The molecule has 1 aromatic heterocycles. The number of amides is 1. The van der Waals surface area contributed by atoms with E-state index in [2.05, 4.69) is 15.3 Å². The van der Waals surface area contributed by atoms with Crippen LogP contribution in [-0.2, 0) is 4.79 Å². The van der Waals surface area contributed by atoms with Crippen LogP contribution in [0.3, 0.4) is 0 Å². The summed E-state index contributed by atoms with van der Waals surface area (Å²) in [5.41, 5.74) is 0.308. The minimum absolute atomic E-state index is 0.125. The van der Waals surface area contributed by atoms with Gasteiger partial charge in [-0.25, -0.2) is 4.98 Å². The van der Waals surface area contributed by atoms with Crippen molar-refractivity contribution in [1.29, 1.82) is 5.26 Å². The molecule has 0 aliphatic heterocycles. The Bertz CT molecular complexity index is 1110. The molecular formula is C19H12ClFN4O2. The number of carbonyl (C=O) groups excluding carboxylic acids is 1. The molecule has 1 N–H and O–H groups in total. The zero-order chi connectivity index (χ0) is 19.4. The van der Waals surface area contributed by atoms with Crippen molar-refractivity contribution in [3.63, 3.8) is 0 Å². The van der Waals surface area contributed by atoms with Gasteiger partial charge in [0.2, 0.25) is 11.1 Å². The van der Waals surface area contributed by atoms with E-state index in [9.17, 15) is 14.4 Å². The highest BCUT2D eigenvalue weighted by Crippen LogP contribution is 2.33. The van der Waals surface area contributed by atoms with Crippen LogP contribution < -0.4 is 10.1 Å². The second kappa shape index (κ2) is 7.81. The van der Waals surface area contributed by atoms with Crippen molar-refractivity contribution in [2.24, 2.45) is 0 Å². The SMILES string of the molecule is CNC(=O)/C(C#N)=C/c1c(Oc2nc(Cl)ncc2F)ccc2ccccc12. The van der Waals surface area contributed by atoms with Gasteiger partial charge in [0.15, 0.2) is 0 Å². The Balaban J connectivity index is 2.21. The minimum Gasteiger partial charge on any atom is -0.436 e. The molecule has 8 heteroatoms. The maximum atomic E-state index is 14.0. The first kappa shape index (κ1) is 18.3. The standard InChI is InChI=1S/C19H12ClFN4O2/c1-23-17(26)12(9-22)8-14-13-5-3-2-4-11(13)6-7-16(14)27-18-15(21)10-24-19(20)25-18/h2-8,10H,1H3,(H,23,26)/b12-8+. The van der Waals surface area contributed by atoms with E-state index in [0.29, 0.717) is 10.9 Å². The third-order valence-corrected chi connectivity index (χ3v) is 3.88. The molecule has 0 aliphatic rings. The molecule has 3 aromatic rings. The fourth-order valence-electron chi connectivity index (χ4n) is 2.45. The molecular weight excluding hydrogens is 371 g/mol. The van der Waals surface area contributed by atoms with Crippen LogP contribution in [0.4, 0.5) is 4.39 Å². The summed E-state index contributed by atoms with van der Waals surface area (Å²) in [7, 11) is 1.42. The molecule has 0 radical (unpaired) electrons. The van der Waals surface area contributed by atoms with Crippen molar-refractivity contribution < 1.29 is 13.9 Å². The highest BCUT2D eigenvalue weighted by atomic mass is 35.5.